The van der Waals surface area contributed by atoms with Crippen molar-refractivity contribution in [3.05, 3.63) is 62.4 Å². The number of ether oxygens (including phenoxy) is 3. The van der Waals surface area contributed by atoms with Crippen LogP contribution in [-0.4, -0.2) is 46.6 Å². The van der Waals surface area contributed by atoms with Crippen molar-refractivity contribution in [2.24, 2.45) is 0 Å². The van der Waals surface area contributed by atoms with E-state index < -0.39 is 5.25 Å². The molecule has 0 spiro atoms. The zero-order valence-electron chi connectivity index (χ0n) is 18.8. The summed E-state index contributed by atoms with van der Waals surface area (Å²) < 4.78 is 19.2. The zero-order chi connectivity index (χ0) is 24.0. The molecule has 0 aliphatic carbocycles. The van der Waals surface area contributed by atoms with Gasteiger partial charge in [0.2, 0.25) is 6.54 Å². The van der Waals surface area contributed by atoms with Gasteiger partial charge in [-0.15, -0.1) is 10.2 Å². The summed E-state index contributed by atoms with van der Waals surface area (Å²) in [6.07, 6.45) is 0. The Balaban J connectivity index is 2.02. The second kappa shape index (κ2) is 11.4. The second-order valence-electron chi connectivity index (χ2n) is 6.87. The van der Waals surface area contributed by atoms with Gasteiger partial charge in [-0.05, 0) is 62.7 Å². The number of aromatic nitrogens is 3. The third-order valence-corrected chi connectivity index (χ3v) is 6.55. The van der Waals surface area contributed by atoms with Crippen LogP contribution in [0.1, 0.15) is 30.5 Å². The van der Waals surface area contributed by atoms with Gasteiger partial charge in [0.1, 0.15) is 16.8 Å². The van der Waals surface area contributed by atoms with Gasteiger partial charge in [0, 0.05) is 15.1 Å². The monoisotopic (exact) mass is 536 g/mol. The lowest BCUT2D eigenvalue weighted by Gasteiger charge is -2.19. The highest BCUT2D eigenvalue weighted by Gasteiger charge is 2.27. The van der Waals surface area contributed by atoms with Crippen LogP contribution in [0.15, 0.2) is 46.0 Å². The first-order valence-electron chi connectivity index (χ1n) is 10.3. The molecule has 3 aromatic rings. The predicted octanol–water partition coefficient (Wildman–Crippen LogP) is 5.25. The van der Waals surface area contributed by atoms with Gasteiger partial charge in [-0.3, -0.25) is 14.7 Å². The molecular formula is C22H25BrN4O5S. The highest BCUT2D eigenvalue weighted by molar-refractivity contribution is 9.10. The Kier molecular flexibility index (Phi) is 8.56. The van der Waals surface area contributed by atoms with Gasteiger partial charge in [-0.2, -0.15) is 0 Å². The third kappa shape index (κ3) is 5.97. The largest absolute Gasteiger partial charge is 0.497 e. The Hall–Kier alpha value is -2.79. The number of thioether (sulfide) groups is 1. The Morgan fingerprint density at radius 1 is 1.12 bits per heavy atom. The van der Waals surface area contributed by atoms with E-state index in [0.717, 1.165) is 11.4 Å². The lowest BCUT2D eigenvalue weighted by molar-refractivity contribution is -0.479. The molecule has 0 radical (unpaired) electrons. The van der Waals surface area contributed by atoms with Gasteiger partial charge in [0.15, 0.2) is 16.7 Å². The topological polar surface area (TPSA) is 102 Å². The molecule has 9 nitrogen and oxygen atoms in total. The summed E-state index contributed by atoms with van der Waals surface area (Å²) in [6.45, 7) is 6.21. The van der Waals surface area contributed by atoms with E-state index in [2.05, 4.69) is 26.1 Å². The van der Waals surface area contributed by atoms with E-state index >= 15 is 0 Å². The molecular weight excluding hydrogens is 512 g/mol. The molecule has 0 N–H and O–H groups in total. The number of rotatable bonds is 11. The molecule has 33 heavy (non-hydrogen) atoms. The molecule has 0 amide bonds. The molecule has 0 aliphatic rings. The molecule has 176 valence electrons. The van der Waals surface area contributed by atoms with Crippen molar-refractivity contribution < 1.29 is 19.1 Å². The average molecular weight is 537 g/mol. The zero-order valence-corrected chi connectivity index (χ0v) is 21.2. The van der Waals surface area contributed by atoms with Crippen molar-refractivity contribution in [3.63, 3.8) is 0 Å². The average Bonchev–Trinajstić information content (AvgIpc) is 3.15. The fourth-order valence-electron chi connectivity index (χ4n) is 3.24. The summed E-state index contributed by atoms with van der Waals surface area (Å²) in [5.41, 5.74) is 1.55. The van der Waals surface area contributed by atoms with Crippen LogP contribution in [0.4, 0.5) is 0 Å². The van der Waals surface area contributed by atoms with Crippen LogP contribution in [0.3, 0.4) is 0 Å². The van der Waals surface area contributed by atoms with Crippen LogP contribution >= 0.6 is 27.7 Å². The Bertz CT molecular complexity index is 1110. The number of aryl methyl sites for hydroxylation is 1. The van der Waals surface area contributed by atoms with E-state index in [1.54, 1.807) is 19.2 Å². The fourth-order valence-corrected chi connectivity index (χ4v) is 5.20. The summed E-state index contributed by atoms with van der Waals surface area (Å²) in [5.74, 6) is 2.52. The van der Waals surface area contributed by atoms with Gasteiger partial charge in [-0.1, -0.05) is 27.7 Å². The molecule has 0 unspecified atom stereocenters. The Morgan fingerprint density at radius 2 is 1.76 bits per heavy atom. The molecule has 1 aromatic heterocycles. The summed E-state index contributed by atoms with van der Waals surface area (Å²) in [5, 5.41) is 20.1. The minimum Gasteiger partial charge on any atom is -0.497 e. The summed E-state index contributed by atoms with van der Waals surface area (Å²) in [4.78, 5) is 11.2. The molecule has 11 heteroatoms. The van der Waals surface area contributed by atoms with E-state index in [4.69, 9.17) is 14.2 Å². The number of nitrogens with zero attached hydrogens (tertiary/aromatic N) is 4. The first-order chi connectivity index (χ1) is 15.9. The van der Waals surface area contributed by atoms with Gasteiger partial charge in [0.05, 0.1) is 20.3 Å². The van der Waals surface area contributed by atoms with E-state index in [1.807, 2.05) is 49.6 Å². The van der Waals surface area contributed by atoms with Gasteiger partial charge < -0.3 is 14.2 Å². The smallest absolute Gasteiger partial charge is 0.220 e. The molecule has 0 saturated carbocycles. The Labute approximate surface area is 204 Å². The minimum atomic E-state index is -0.551. The van der Waals surface area contributed by atoms with E-state index in [-0.39, 0.29) is 11.5 Å². The van der Waals surface area contributed by atoms with Crippen molar-refractivity contribution >= 4 is 27.7 Å². The maximum atomic E-state index is 11.6. The fraction of sp³-hybridized carbons (Fsp3) is 0.364. The number of hydrogen-bond acceptors (Lipinski definition) is 8. The summed E-state index contributed by atoms with van der Waals surface area (Å²) in [7, 11) is 1.60. The first kappa shape index (κ1) is 24.8. The number of hydrogen-bond donors (Lipinski definition) is 0. The molecule has 0 aliphatic heterocycles. The lowest BCUT2D eigenvalue weighted by Crippen LogP contribution is -2.12. The third-order valence-electron chi connectivity index (χ3n) is 4.70. The molecule has 1 heterocycles. The number of benzene rings is 2. The molecule has 0 saturated heterocycles. The maximum Gasteiger partial charge on any atom is 0.220 e. The summed E-state index contributed by atoms with van der Waals surface area (Å²) in [6, 6.07) is 11.0. The van der Waals surface area contributed by atoms with Gasteiger partial charge in [-0.25, -0.2) is 0 Å². The predicted molar refractivity (Wildman–Crippen MR) is 130 cm³/mol. The van der Waals surface area contributed by atoms with Crippen LogP contribution in [0.25, 0.3) is 5.69 Å². The molecule has 0 fully saturated rings. The van der Waals surface area contributed by atoms with Gasteiger partial charge in [0.25, 0.3) is 0 Å². The first-order valence-corrected chi connectivity index (χ1v) is 12.0. The van der Waals surface area contributed by atoms with Crippen molar-refractivity contribution in [1.82, 2.24) is 14.8 Å². The second-order valence-corrected chi connectivity index (χ2v) is 8.90. The van der Waals surface area contributed by atoms with Crippen molar-refractivity contribution in [1.29, 1.82) is 0 Å². The highest BCUT2D eigenvalue weighted by Crippen LogP contribution is 2.43. The number of nitro groups is 1. The van der Waals surface area contributed by atoms with Crippen LogP contribution in [0, 0.1) is 17.0 Å². The molecule has 3 rings (SSSR count). The van der Waals surface area contributed by atoms with E-state index in [1.165, 1.54) is 11.8 Å². The van der Waals surface area contributed by atoms with Crippen LogP contribution in [-0.2, 0) is 0 Å². The standard InChI is InChI=1S/C22H25BrN4O5S/c1-5-31-19-11-17(18(23)12-20(19)32-6-2)21(13-26(28)29)33-22-25-24-14(3)27(22)15-7-9-16(30-4)10-8-15/h7-12,21H,5-6,13H2,1-4H3/t21-/m0/s1. The van der Waals surface area contributed by atoms with Gasteiger partial charge >= 0.3 is 0 Å². The Morgan fingerprint density at radius 3 is 2.33 bits per heavy atom. The van der Waals surface area contributed by atoms with Crippen LogP contribution in [0.2, 0.25) is 0 Å². The van der Waals surface area contributed by atoms with E-state index in [0.29, 0.717) is 45.7 Å². The quantitative estimate of drug-likeness (QED) is 0.186. The highest BCUT2D eigenvalue weighted by atomic mass is 79.9. The van der Waals surface area contributed by atoms with Crippen LogP contribution in [0.5, 0.6) is 17.2 Å². The number of halogens is 1. The molecule has 0 bridgehead atoms. The van der Waals surface area contributed by atoms with Crippen molar-refractivity contribution in [2.75, 3.05) is 26.9 Å². The maximum absolute atomic E-state index is 11.6. The normalized spacial score (nSPS) is 11.8. The minimum absolute atomic E-state index is 0.308. The SMILES string of the molecule is CCOc1cc(Br)c([C@H](C[N+](=O)[O-])Sc2nnc(C)n2-c2ccc(OC)cc2)cc1OCC. The van der Waals surface area contributed by atoms with Crippen LogP contribution < -0.4 is 14.2 Å². The lowest BCUT2D eigenvalue weighted by atomic mass is 10.1. The van der Waals surface area contributed by atoms with Crippen molar-refractivity contribution in [2.45, 2.75) is 31.2 Å². The summed E-state index contributed by atoms with van der Waals surface area (Å²) >= 11 is 4.84. The van der Waals surface area contributed by atoms with E-state index in [9.17, 15) is 10.1 Å². The molecule has 2 aromatic carbocycles. The number of methoxy groups -OCH3 is 1. The molecule has 1 atom stereocenters. The van der Waals surface area contributed by atoms with Crippen molar-refractivity contribution in [3.8, 4) is 22.9 Å².